The van der Waals surface area contributed by atoms with Gasteiger partial charge in [0.05, 0.1) is 22.8 Å². The summed E-state index contributed by atoms with van der Waals surface area (Å²) in [5.74, 6) is 1.31. The minimum Gasteiger partial charge on any atom is -0.493 e. The van der Waals surface area contributed by atoms with Crippen LogP contribution in [0.25, 0.3) is 10.9 Å². The number of benzene rings is 2. The van der Waals surface area contributed by atoms with Gasteiger partial charge in [0.25, 0.3) is 0 Å². The van der Waals surface area contributed by atoms with Crippen molar-refractivity contribution in [1.29, 1.82) is 0 Å². The first-order chi connectivity index (χ1) is 13.2. The van der Waals surface area contributed by atoms with E-state index < -0.39 is 11.7 Å². The SMILES string of the molecule is Oc1c(N=Nc2cc(Cl)cc(Cl)c2)c2cc(C(F)(F)F)ccc2n1C1CSC1. The van der Waals surface area contributed by atoms with Gasteiger partial charge < -0.3 is 9.67 Å². The summed E-state index contributed by atoms with van der Waals surface area (Å²) in [6.07, 6.45) is -4.51. The Morgan fingerprint density at radius 3 is 2.29 bits per heavy atom. The van der Waals surface area contributed by atoms with Gasteiger partial charge in [-0.2, -0.15) is 30.0 Å². The summed E-state index contributed by atoms with van der Waals surface area (Å²) in [7, 11) is 0. The highest BCUT2D eigenvalue weighted by atomic mass is 35.5. The lowest BCUT2D eigenvalue weighted by molar-refractivity contribution is -0.137. The summed E-state index contributed by atoms with van der Waals surface area (Å²) in [4.78, 5) is 0. The van der Waals surface area contributed by atoms with E-state index >= 15 is 0 Å². The first kappa shape index (κ1) is 19.4. The molecule has 0 atom stereocenters. The zero-order valence-electron chi connectivity index (χ0n) is 14.0. The van der Waals surface area contributed by atoms with E-state index in [2.05, 4.69) is 10.2 Å². The van der Waals surface area contributed by atoms with Gasteiger partial charge in [0.15, 0.2) is 5.69 Å². The van der Waals surface area contributed by atoms with E-state index in [1.807, 2.05) is 0 Å². The van der Waals surface area contributed by atoms with E-state index in [0.29, 0.717) is 21.2 Å². The standard InChI is InChI=1S/C18H12Cl2F3N3OS/c19-10-4-11(20)6-12(5-10)24-25-16-14-3-9(18(21,22)23)1-2-15(14)26(17(16)27)13-7-28-8-13/h1-6,13,27H,7-8H2. The third-order valence-corrected chi connectivity index (χ3v) is 6.05. The van der Waals surface area contributed by atoms with E-state index in [1.54, 1.807) is 16.3 Å². The Balaban J connectivity index is 1.87. The summed E-state index contributed by atoms with van der Waals surface area (Å²) in [6.45, 7) is 0. The van der Waals surface area contributed by atoms with Gasteiger partial charge in [0.1, 0.15) is 0 Å². The van der Waals surface area contributed by atoms with Gasteiger partial charge in [-0.15, -0.1) is 5.11 Å². The molecule has 28 heavy (non-hydrogen) atoms. The lowest BCUT2D eigenvalue weighted by Gasteiger charge is -2.27. The van der Waals surface area contributed by atoms with Gasteiger partial charge in [-0.05, 0) is 36.4 Å². The third-order valence-electron chi connectivity index (χ3n) is 4.38. The Bertz CT molecular complexity index is 1070. The molecular weight excluding hydrogens is 434 g/mol. The Kier molecular flexibility index (Phi) is 4.97. The van der Waals surface area contributed by atoms with Crippen molar-refractivity contribution in [3.8, 4) is 5.88 Å². The van der Waals surface area contributed by atoms with E-state index in [9.17, 15) is 18.3 Å². The molecule has 1 aliphatic rings. The molecular formula is C18H12Cl2F3N3OS. The molecule has 0 radical (unpaired) electrons. The Morgan fingerprint density at radius 1 is 1.04 bits per heavy atom. The maximum Gasteiger partial charge on any atom is 0.416 e. The van der Waals surface area contributed by atoms with Gasteiger partial charge in [0, 0.05) is 26.9 Å². The molecule has 1 saturated heterocycles. The minimum absolute atomic E-state index is 0.00574. The van der Waals surface area contributed by atoms with Crippen LogP contribution in [0.4, 0.5) is 24.5 Å². The molecule has 0 bridgehead atoms. The van der Waals surface area contributed by atoms with Crippen LogP contribution in [0.3, 0.4) is 0 Å². The van der Waals surface area contributed by atoms with Gasteiger partial charge in [0.2, 0.25) is 5.88 Å². The van der Waals surface area contributed by atoms with Crippen LogP contribution < -0.4 is 0 Å². The van der Waals surface area contributed by atoms with Crippen molar-refractivity contribution in [3.05, 3.63) is 52.0 Å². The number of aromatic hydroxyl groups is 1. The molecule has 4 rings (SSSR count). The fourth-order valence-electron chi connectivity index (χ4n) is 3.01. The number of fused-ring (bicyclic) bond motifs is 1. The molecule has 1 fully saturated rings. The van der Waals surface area contributed by atoms with Gasteiger partial charge in [-0.3, -0.25) is 0 Å². The van der Waals surface area contributed by atoms with Crippen molar-refractivity contribution in [3.63, 3.8) is 0 Å². The Hall–Kier alpha value is -1.90. The maximum absolute atomic E-state index is 13.2. The van der Waals surface area contributed by atoms with Gasteiger partial charge >= 0.3 is 6.18 Å². The highest BCUT2D eigenvalue weighted by Gasteiger charge is 2.33. The lowest BCUT2D eigenvalue weighted by Crippen LogP contribution is -2.22. The molecule has 0 unspecified atom stereocenters. The van der Waals surface area contributed by atoms with Gasteiger partial charge in [-0.1, -0.05) is 23.2 Å². The van der Waals surface area contributed by atoms with Crippen LogP contribution in [0.15, 0.2) is 46.6 Å². The quantitative estimate of drug-likeness (QED) is 0.427. The van der Waals surface area contributed by atoms with Crippen LogP contribution >= 0.6 is 35.0 Å². The minimum atomic E-state index is -4.51. The number of aromatic nitrogens is 1. The third kappa shape index (κ3) is 3.56. The van der Waals surface area contributed by atoms with Crippen LogP contribution in [0.1, 0.15) is 11.6 Å². The lowest BCUT2D eigenvalue weighted by atomic mass is 10.1. The van der Waals surface area contributed by atoms with E-state index in [1.165, 1.54) is 24.3 Å². The van der Waals surface area contributed by atoms with Crippen molar-refractivity contribution in [2.45, 2.75) is 12.2 Å². The highest BCUT2D eigenvalue weighted by molar-refractivity contribution is 8.00. The summed E-state index contributed by atoms with van der Waals surface area (Å²) >= 11 is 13.6. The number of hydrogen-bond acceptors (Lipinski definition) is 4. The van der Waals surface area contributed by atoms with E-state index in [-0.39, 0.29) is 23.0 Å². The van der Waals surface area contributed by atoms with Crippen molar-refractivity contribution in [2.24, 2.45) is 10.2 Å². The average Bonchev–Trinajstić information content (AvgIpc) is 2.82. The maximum atomic E-state index is 13.2. The smallest absolute Gasteiger partial charge is 0.416 e. The second-order valence-corrected chi connectivity index (χ2v) is 8.24. The number of nitrogens with zero attached hydrogens (tertiary/aromatic N) is 3. The molecule has 146 valence electrons. The average molecular weight is 446 g/mol. The predicted octanol–water partition coefficient (Wildman–Crippen LogP) is 7.38. The summed E-state index contributed by atoms with van der Waals surface area (Å²) in [6, 6.07) is 7.88. The molecule has 2 heterocycles. The number of rotatable bonds is 3. The zero-order valence-corrected chi connectivity index (χ0v) is 16.4. The Labute approximate surface area is 172 Å². The number of alkyl halides is 3. The second-order valence-electron chi connectivity index (χ2n) is 6.29. The molecule has 10 heteroatoms. The molecule has 0 aliphatic carbocycles. The second kappa shape index (κ2) is 7.17. The predicted molar refractivity (Wildman–Crippen MR) is 106 cm³/mol. The molecule has 0 amide bonds. The topological polar surface area (TPSA) is 49.9 Å². The van der Waals surface area contributed by atoms with E-state index in [0.717, 1.165) is 23.6 Å². The summed E-state index contributed by atoms with van der Waals surface area (Å²) in [5.41, 5.74) is -0.0330. The van der Waals surface area contributed by atoms with Crippen molar-refractivity contribution < 1.29 is 18.3 Å². The van der Waals surface area contributed by atoms with Crippen molar-refractivity contribution in [1.82, 2.24) is 4.57 Å². The fourth-order valence-corrected chi connectivity index (χ4v) is 4.27. The largest absolute Gasteiger partial charge is 0.493 e. The molecule has 0 saturated carbocycles. The summed E-state index contributed by atoms with van der Waals surface area (Å²) in [5, 5.41) is 19.6. The van der Waals surface area contributed by atoms with Crippen molar-refractivity contribution >= 4 is 57.2 Å². The molecule has 1 aromatic heterocycles. The number of halogens is 5. The van der Waals surface area contributed by atoms with Crippen LogP contribution in [0.5, 0.6) is 5.88 Å². The first-order valence-electron chi connectivity index (χ1n) is 8.14. The van der Waals surface area contributed by atoms with Crippen molar-refractivity contribution in [2.75, 3.05) is 11.5 Å². The normalized spacial score (nSPS) is 15.5. The van der Waals surface area contributed by atoms with Crippen LogP contribution in [-0.4, -0.2) is 21.2 Å². The molecule has 4 nitrogen and oxygen atoms in total. The molecule has 1 aliphatic heterocycles. The summed E-state index contributed by atoms with van der Waals surface area (Å²) < 4.78 is 41.1. The van der Waals surface area contributed by atoms with Crippen LogP contribution in [-0.2, 0) is 6.18 Å². The van der Waals surface area contributed by atoms with E-state index in [4.69, 9.17) is 23.2 Å². The van der Waals surface area contributed by atoms with Crippen LogP contribution in [0.2, 0.25) is 10.0 Å². The molecule has 2 aromatic carbocycles. The molecule has 1 N–H and O–H groups in total. The van der Waals surface area contributed by atoms with Gasteiger partial charge in [-0.25, -0.2) is 0 Å². The highest BCUT2D eigenvalue weighted by Crippen LogP contribution is 2.46. The zero-order chi connectivity index (χ0) is 20.1. The Morgan fingerprint density at radius 2 is 1.71 bits per heavy atom. The fraction of sp³-hybridized carbons (Fsp3) is 0.222. The number of hydrogen-bond donors (Lipinski definition) is 1. The molecule has 0 spiro atoms. The number of azo groups is 1. The monoisotopic (exact) mass is 445 g/mol. The molecule has 3 aromatic rings. The number of thioether (sulfide) groups is 1. The first-order valence-corrected chi connectivity index (χ1v) is 10.0. The van der Waals surface area contributed by atoms with Crippen LogP contribution in [0, 0.1) is 0 Å².